The number of aromatic nitrogens is 2. The topological polar surface area (TPSA) is 71.6 Å². The van der Waals surface area contributed by atoms with Crippen LogP contribution in [-0.2, 0) is 17.9 Å². The van der Waals surface area contributed by atoms with Gasteiger partial charge in [-0.05, 0) is 36.4 Å². The molecule has 1 saturated heterocycles. The van der Waals surface area contributed by atoms with Crippen LogP contribution >= 0.6 is 11.6 Å². The minimum absolute atomic E-state index is 0.0179. The number of piperazine rings is 1. The van der Waals surface area contributed by atoms with E-state index in [1.807, 2.05) is 4.90 Å². The number of benzene rings is 2. The van der Waals surface area contributed by atoms with Crippen LogP contribution in [0.1, 0.15) is 5.56 Å². The van der Waals surface area contributed by atoms with E-state index in [4.69, 9.17) is 16.0 Å². The second-order valence-electron chi connectivity index (χ2n) is 7.19. The van der Waals surface area contributed by atoms with Gasteiger partial charge in [-0.1, -0.05) is 17.7 Å². The summed E-state index contributed by atoms with van der Waals surface area (Å²) in [4.78, 5) is 28.3. The lowest BCUT2D eigenvalue weighted by atomic mass is 10.2. The van der Waals surface area contributed by atoms with E-state index in [1.54, 1.807) is 17.0 Å². The van der Waals surface area contributed by atoms with E-state index in [-0.39, 0.29) is 24.2 Å². The molecule has 0 atom stereocenters. The van der Waals surface area contributed by atoms with Crippen LogP contribution in [0.15, 0.2) is 51.7 Å². The first-order valence-corrected chi connectivity index (χ1v) is 10.1. The molecule has 3 aromatic rings. The summed E-state index contributed by atoms with van der Waals surface area (Å²) in [5.74, 6) is -1.79. The summed E-state index contributed by atoms with van der Waals surface area (Å²) in [5, 5.41) is 4.41. The molecular weight excluding hydrogens is 430 g/mol. The predicted molar refractivity (Wildman–Crippen MR) is 109 cm³/mol. The molecule has 0 saturated carbocycles. The lowest BCUT2D eigenvalue weighted by molar-refractivity contribution is -0.134. The molecule has 1 amide bonds. The van der Waals surface area contributed by atoms with Crippen molar-refractivity contribution in [3.05, 3.63) is 75.2 Å². The Bertz CT molecular complexity index is 1120. The summed E-state index contributed by atoms with van der Waals surface area (Å²) in [7, 11) is 0. The zero-order valence-corrected chi connectivity index (χ0v) is 17.2. The van der Waals surface area contributed by atoms with Gasteiger partial charge in [0.15, 0.2) is 0 Å². The molecule has 162 valence electrons. The van der Waals surface area contributed by atoms with Gasteiger partial charge in [0.2, 0.25) is 11.8 Å². The molecule has 0 unspecified atom stereocenters. The van der Waals surface area contributed by atoms with Crippen molar-refractivity contribution in [2.24, 2.45) is 0 Å². The molecule has 1 fully saturated rings. The SMILES string of the molecule is O=C(Cn1nc(-c2ccc(F)cc2)oc1=O)N1CCN(Cc2c(F)cccc2Cl)CC1. The molecule has 7 nitrogen and oxygen atoms in total. The molecule has 0 spiro atoms. The first kappa shape index (κ1) is 21.2. The molecule has 0 bridgehead atoms. The van der Waals surface area contributed by atoms with Gasteiger partial charge in [0.25, 0.3) is 0 Å². The van der Waals surface area contributed by atoms with Crippen LogP contribution in [0.2, 0.25) is 5.02 Å². The van der Waals surface area contributed by atoms with Crippen molar-refractivity contribution >= 4 is 17.5 Å². The summed E-state index contributed by atoms with van der Waals surface area (Å²) in [6.45, 7) is 2.06. The minimum atomic E-state index is -0.763. The van der Waals surface area contributed by atoms with Crippen LogP contribution < -0.4 is 5.76 Å². The molecule has 2 heterocycles. The fourth-order valence-corrected chi connectivity index (χ4v) is 3.63. The van der Waals surface area contributed by atoms with Crippen molar-refractivity contribution in [2.45, 2.75) is 13.1 Å². The number of hydrogen-bond acceptors (Lipinski definition) is 5. The molecule has 0 aliphatic carbocycles. The number of hydrogen-bond donors (Lipinski definition) is 0. The van der Waals surface area contributed by atoms with Gasteiger partial charge >= 0.3 is 5.76 Å². The van der Waals surface area contributed by atoms with Gasteiger partial charge in [-0.15, -0.1) is 5.10 Å². The largest absolute Gasteiger partial charge is 0.437 e. The minimum Gasteiger partial charge on any atom is -0.388 e. The number of amides is 1. The van der Waals surface area contributed by atoms with E-state index in [1.165, 1.54) is 30.3 Å². The molecule has 1 aromatic heterocycles. The van der Waals surface area contributed by atoms with Gasteiger partial charge in [-0.25, -0.2) is 13.6 Å². The number of carbonyl (C=O) groups excluding carboxylic acids is 1. The smallest absolute Gasteiger partial charge is 0.388 e. The normalized spacial score (nSPS) is 14.7. The highest BCUT2D eigenvalue weighted by molar-refractivity contribution is 6.31. The zero-order chi connectivity index (χ0) is 22.0. The maximum absolute atomic E-state index is 14.0. The third-order valence-corrected chi connectivity index (χ3v) is 5.50. The van der Waals surface area contributed by atoms with Gasteiger partial charge in [-0.3, -0.25) is 9.69 Å². The van der Waals surface area contributed by atoms with Crippen molar-refractivity contribution in [1.82, 2.24) is 19.6 Å². The summed E-state index contributed by atoms with van der Waals surface area (Å²) < 4.78 is 33.1. The van der Waals surface area contributed by atoms with E-state index < -0.39 is 11.6 Å². The monoisotopic (exact) mass is 448 g/mol. The molecule has 1 aliphatic heterocycles. The maximum atomic E-state index is 14.0. The Hall–Kier alpha value is -3.04. The highest BCUT2D eigenvalue weighted by atomic mass is 35.5. The Morgan fingerprint density at radius 2 is 1.77 bits per heavy atom. The van der Waals surface area contributed by atoms with Crippen LogP contribution in [0.4, 0.5) is 8.78 Å². The molecule has 1 aliphatic rings. The average molecular weight is 449 g/mol. The second kappa shape index (κ2) is 8.99. The van der Waals surface area contributed by atoms with Crippen LogP contribution in [0.5, 0.6) is 0 Å². The quantitative estimate of drug-likeness (QED) is 0.600. The standard InChI is InChI=1S/C21H19ClF2N4O3/c22-17-2-1-3-18(24)16(17)12-26-8-10-27(11-9-26)19(29)13-28-21(30)31-20(25-28)14-4-6-15(23)7-5-14/h1-7H,8-13H2. The first-order valence-electron chi connectivity index (χ1n) is 9.67. The summed E-state index contributed by atoms with van der Waals surface area (Å²) in [6.07, 6.45) is 0. The Labute approximate surface area is 181 Å². The van der Waals surface area contributed by atoms with E-state index in [9.17, 15) is 18.4 Å². The third kappa shape index (κ3) is 4.83. The highest BCUT2D eigenvalue weighted by Crippen LogP contribution is 2.21. The fourth-order valence-electron chi connectivity index (χ4n) is 3.41. The van der Waals surface area contributed by atoms with Crippen molar-refractivity contribution in [3.8, 4) is 11.5 Å². The van der Waals surface area contributed by atoms with Crippen LogP contribution in [-0.4, -0.2) is 51.7 Å². The molecule has 0 radical (unpaired) electrons. The molecule has 4 rings (SSSR count). The van der Waals surface area contributed by atoms with Gasteiger partial charge < -0.3 is 9.32 Å². The lowest BCUT2D eigenvalue weighted by Crippen LogP contribution is -2.49. The van der Waals surface area contributed by atoms with Crippen LogP contribution in [0.3, 0.4) is 0 Å². The molecule has 0 N–H and O–H groups in total. The Morgan fingerprint density at radius 1 is 1.06 bits per heavy atom. The van der Waals surface area contributed by atoms with Crippen LogP contribution in [0.25, 0.3) is 11.5 Å². The molecule has 10 heteroatoms. The Morgan fingerprint density at radius 3 is 2.45 bits per heavy atom. The summed E-state index contributed by atoms with van der Waals surface area (Å²) in [6, 6.07) is 9.92. The number of nitrogens with zero attached hydrogens (tertiary/aromatic N) is 4. The number of carbonyl (C=O) groups is 1. The molecular formula is C21H19ClF2N4O3. The van der Waals surface area contributed by atoms with Crippen molar-refractivity contribution in [3.63, 3.8) is 0 Å². The van der Waals surface area contributed by atoms with Crippen LogP contribution in [0, 0.1) is 11.6 Å². The molecule has 31 heavy (non-hydrogen) atoms. The number of halogens is 3. The predicted octanol–water partition coefficient (Wildman–Crippen LogP) is 2.78. The van der Waals surface area contributed by atoms with E-state index in [2.05, 4.69) is 5.10 Å². The van der Waals surface area contributed by atoms with Gasteiger partial charge in [0.05, 0.1) is 0 Å². The average Bonchev–Trinajstić information content (AvgIpc) is 3.12. The van der Waals surface area contributed by atoms with Crippen molar-refractivity contribution < 1.29 is 18.0 Å². The second-order valence-corrected chi connectivity index (χ2v) is 7.60. The third-order valence-electron chi connectivity index (χ3n) is 5.15. The van der Waals surface area contributed by atoms with Gasteiger partial charge in [0.1, 0.15) is 18.2 Å². The molecule has 2 aromatic carbocycles. The van der Waals surface area contributed by atoms with Gasteiger partial charge in [0, 0.05) is 48.9 Å². The zero-order valence-electron chi connectivity index (χ0n) is 16.4. The lowest BCUT2D eigenvalue weighted by Gasteiger charge is -2.34. The number of rotatable bonds is 5. The Kier molecular flexibility index (Phi) is 6.15. The van der Waals surface area contributed by atoms with E-state index in [0.717, 1.165) is 4.68 Å². The Balaban J connectivity index is 1.35. The highest BCUT2D eigenvalue weighted by Gasteiger charge is 2.24. The summed E-state index contributed by atoms with van der Waals surface area (Å²) >= 11 is 6.09. The van der Waals surface area contributed by atoms with E-state index in [0.29, 0.717) is 48.9 Å². The fraction of sp³-hybridized carbons (Fsp3) is 0.286. The first-order chi connectivity index (χ1) is 14.9. The van der Waals surface area contributed by atoms with Gasteiger partial charge in [-0.2, -0.15) is 4.68 Å². The van der Waals surface area contributed by atoms with E-state index >= 15 is 0 Å². The van der Waals surface area contributed by atoms with Crippen molar-refractivity contribution in [1.29, 1.82) is 0 Å². The van der Waals surface area contributed by atoms with Crippen molar-refractivity contribution in [2.75, 3.05) is 26.2 Å². The maximum Gasteiger partial charge on any atom is 0.437 e. The summed E-state index contributed by atoms with van der Waals surface area (Å²) in [5.41, 5.74) is 0.872.